The van der Waals surface area contributed by atoms with Crippen molar-refractivity contribution < 1.29 is 9.53 Å². The van der Waals surface area contributed by atoms with E-state index in [2.05, 4.69) is 4.98 Å². The molecule has 0 fully saturated rings. The number of nitrogens with zero attached hydrogens (tertiary/aromatic N) is 1. The summed E-state index contributed by atoms with van der Waals surface area (Å²) in [4.78, 5) is 15.0. The Morgan fingerprint density at radius 2 is 2.50 bits per heavy atom. The van der Waals surface area contributed by atoms with E-state index in [-0.39, 0.29) is 5.97 Å². The van der Waals surface area contributed by atoms with E-state index in [1.165, 1.54) is 0 Å². The zero-order valence-corrected chi connectivity index (χ0v) is 8.74. The van der Waals surface area contributed by atoms with Gasteiger partial charge in [0.1, 0.15) is 10.3 Å². The van der Waals surface area contributed by atoms with Crippen LogP contribution < -0.4 is 0 Å². The summed E-state index contributed by atoms with van der Waals surface area (Å²) in [7, 11) is 0. The van der Waals surface area contributed by atoms with Crippen molar-refractivity contribution in [2.24, 2.45) is 0 Å². The molecule has 1 aromatic heterocycles. The molecule has 4 heteroatoms. The van der Waals surface area contributed by atoms with Gasteiger partial charge in [0.2, 0.25) is 0 Å². The predicted octanol–water partition coefficient (Wildman–Crippen LogP) is 1.94. The first-order valence-corrected chi connectivity index (χ1v) is 4.92. The quantitative estimate of drug-likeness (QED) is 0.471. The van der Waals surface area contributed by atoms with Gasteiger partial charge in [-0.15, -0.1) is 0 Å². The van der Waals surface area contributed by atoms with Crippen molar-refractivity contribution in [3.8, 4) is 0 Å². The summed E-state index contributed by atoms with van der Waals surface area (Å²) in [6, 6.07) is 3.54. The van der Waals surface area contributed by atoms with Gasteiger partial charge >= 0.3 is 5.97 Å². The van der Waals surface area contributed by atoms with E-state index in [4.69, 9.17) is 4.74 Å². The smallest absolute Gasteiger partial charge is 0.357 e. The third-order valence-corrected chi connectivity index (χ3v) is 1.62. The molecule has 0 aromatic carbocycles. The summed E-state index contributed by atoms with van der Waals surface area (Å²) in [6.07, 6.45) is 1.60. The van der Waals surface area contributed by atoms with Crippen molar-refractivity contribution in [3.05, 3.63) is 29.6 Å². The normalized spacial score (nSPS) is 9.50. The zero-order chi connectivity index (χ0) is 8.97. The van der Waals surface area contributed by atoms with Crippen LogP contribution in [0.15, 0.2) is 18.3 Å². The van der Waals surface area contributed by atoms with E-state index in [1.54, 1.807) is 12.3 Å². The standard InChI is InChI=1S/C8H8INO2/c1-6-2-3-10-7(4-6)8(11)12-5-9/h2-4H,5H2,1H3. The van der Waals surface area contributed by atoms with Crippen molar-refractivity contribution in [2.75, 3.05) is 4.61 Å². The maximum atomic E-state index is 11.1. The number of carbonyl (C=O) groups is 1. The zero-order valence-electron chi connectivity index (χ0n) is 6.58. The van der Waals surface area contributed by atoms with Gasteiger partial charge in [-0.25, -0.2) is 9.78 Å². The second-order valence-electron chi connectivity index (χ2n) is 2.26. The van der Waals surface area contributed by atoms with Crippen LogP contribution in [0.1, 0.15) is 16.1 Å². The number of aryl methyl sites for hydroxylation is 1. The highest BCUT2D eigenvalue weighted by Crippen LogP contribution is 2.02. The molecule has 1 aromatic rings. The maximum absolute atomic E-state index is 11.1. The summed E-state index contributed by atoms with van der Waals surface area (Å²) in [6.45, 7) is 1.91. The minimum absolute atomic E-state index is 0.353. The molecule has 3 nitrogen and oxygen atoms in total. The lowest BCUT2D eigenvalue weighted by atomic mass is 10.2. The molecule has 64 valence electrons. The van der Waals surface area contributed by atoms with Gasteiger partial charge in [-0.1, -0.05) is 0 Å². The molecule has 0 radical (unpaired) electrons. The molecule has 1 heterocycles. The first kappa shape index (κ1) is 9.44. The van der Waals surface area contributed by atoms with E-state index in [9.17, 15) is 4.79 Å². The monoisotopic (exact) mass is 277 g/mol. The van der Waals surface area contributed by atoms with Crippen molar-refractivity contribution >= 4 is 28.6 Å². The largest absolute Gasteiger partial charge is 0.450 e. The molecule has 0 N–H and O–H groups in total. The lowest BCUT2D eigenvalue weighted by molar-refractivity contribution is 0.0583. The fraction of sp³-hybridized carbons (Fsp3) is 0.250. The SMILES string of the molecule is Cc1ccnc(C(=O)OCI)c1. The minimum Gasteiger partial charge on any atom is -0.450 e. The molecule has 0 amide bonds. The van der Waals surface area contributed by atoms with Crippen LogP contribution >= 0.6 is 22.6 Å². The molecular weight excluding hydrogens is 269 g/mol. The van der Waals surface area contributed by atoms with Gasteiger partial charge in [0.25, 0.3) is 0 Å². The molecule has 0 saturated carbocycles. The molecule has 0 atom stereocenters. The first-order chi connectivity index (χ1) is 5.74. The van der Waals surface area contributed by atoms with Crippen LogP contribution in [0.4, 0.5) is 0 Å². The van der Waals surface area contributed by atoms with Crippen molar-refractivity contribution in [3.63, 3.8) is 0 Å². The Morgan fingerprint density at radius 1 is 1.75 bits per heavy atom. The highest BCUT2D eigenvalue weighted by atomic mass is 127. The number of hydrogen-bond donors (Lipinski definition) is 0. The average molecular weight is 277 g/mol. The third-order valence-electron chi connectivity index (χ3n) is 1.31. The molecule has 0 saturated heterocycles. The van der Waals surface area contributed by atoms with E-state index in [0.717, 1.165) is 5.56 Å². The van der Waals surface area contributed by atoms with Gasteiger partial charge in [0.05, 0.1) is 0 Å². The van der Waals surface area contributed by atoms with E-state index in [1.807, 2.05) is 35.6 Å². The van der Waals surface area contributed by atoms with Gasteiger partial charge in [0.15, 0.2) is 0 Å². The van der Waals surface area contributed by atoms with Crippen LogP contribution in [0.25, 0.3) is 0 Å². The van der Waals surface area contributed by atoms with E-state index < -0.39 is 0 Å². The lowest BCUT2D eigenvalue weighted by Gasteiger charge is -1.99. The summed E-state index contributed by atoms with van der Waals surface area (Å²) in [5, 5.41) is 0. The van der Waals surface area contributed by atoms with Crippen molar-refractivity contribution in [2.45, 2.75) is 6.92 Å². The molecule has 0 aliphatic carbocycles. The third kappa shape index (κ3) is 2.44. The van der Waals surface area contributed by atoms with Crippen LogP contribution in [-0.2, 0) is 4.74 Å². The average Bonchev–Trinajstić information content (AvgIpc) is 2.05. The number of rotatable bonds is 2. The van der Waals surface area contributed by atoms with Crippen LogP contribution in [0, 0.1) is 6.92 Å². The van der Waals surface area contributed by atoms with Crippen LogP contribution in [0.3, 0.4) is 0 Å². The molecule has 0 aliphatic heterocycles. The predicted molar refractivity (Wildman–Crippen MR) is 53.3 cm³/mol. The Kier molecular flexibility index (Phi) is 3.46. The number of esters is 1. The summed E-state index contributed by atoms with van der Waals surface area (Å²) in [5.74, 6) is -0.367. The fourth-order valence-electron chi connectivity index (χ4n) is 0.771. The highest BCUT2D eigenvalue weighted by Gasteiger charge is 2.06. The minimum atomic E-state index is -0.367. The van der Waals surface area contributed by atoms with Gasteiger partial charge in [-0.3, -0.25) is 0 Å². The Balaban J connectivity index is 2.81. The molecule has 0 bridgehead atoms. The Hall–Kier alpha value is -0.650. The number of halogens is 1. The summed E-state index contributed by atoms with van der Waals surface area (Å²) in [5.41, 5.74) is 1.37. The van der Waals surface area contributed by atoms with Crippen LogP contribution in [-0.4, -0.2) is 15.6 Å². The molecule has 0 unspecified atom stereocenters. The molecule has 1 rings (SSSR count). The number of carbonyl (C=O) groups excluding carboxylic acids is 1. The molecule has 0 aliphatic rings. The Labute approximate surface area is 84.3 Å². The van der Waals surface area contributed by atoms with Gasteiger partial charge in [0, 0.05) is 6.20 Å². The molecule has 12 heavy (non-hydrogen) atoms. The summed E-state index contributed by atoms with van der Waals surface area (Å²) < 4.78 is 5.12. The topological polar surface area (TPSA) is 39.2 Å². The molecule has 0 spiro atoms. The molecular formula is C8H8INO2. The second kappa shape index (κ2) is 4.39. The number of ether oxygens (including phenoxy) is 1. The summed E-state index contributed by atoms with van der Waals surface area (Å²) >= 11 is 1.97. The maximum Gasteiger partial charge on any atom is 0.357 e. The number of alkyl halides is 1. The fourth-order valence-corrected chi connectivity index (χ4v) is 1.05. The van der Waals surface area contributed by atoms with Crippen LogP contribution in [0.5, 0.6) is 0 Å². The Bertz CT molecular complexity index is 288. The van der Waals surface area contributed by atoms with Crippen LogP contribution in [0.2, 0.25) is 0 Å². The van der Waals surface area contributed by atoms with Gasteiger partial charge in [-0.05, 0) is 47.2 Å². The van der Waals surface area contributed by atoms with E-state index >= 15 is 0 Å². The highest BCUT2D eigenvalue weighted by molar-refractivity contribution is 14.1. The van der Waals surface area contributed by atoms with Gasteiger partial charge in [-0.2, -0.15) is 0 Å². The van der Waals surface area contributed by atoms with Crippen molar-refractivity contribution in [1.82, 2.24) is 4.98 Å². The number of hydrogen-bond acceptors (Lipinski definition) is 3. The van der Waals surface area contributed by atoms with Crippen molar-refractivity contribution in [1.29, 1.82) is 0 Å². The number of aromatic nitrogens is 1. The first-order valence-electron chi connectivity index (χ1n) is 3.40. The lowest BCUT2D eigenvalue weighted by Crippen LogP contribution is -2.05. The van der Waals surface area contributed by atoms with E-state index in [0.29, 0.717) is 10.3 Å². The second-order valence-corrected chi connectivity index (χ2v) is 2.88. The van der Waals surface area contributed by atoms with Gasteiger partial charge < -0.3 is 4.74 Å². The Morgan fingerprint density at radius 3 is 3.08 bits per heavy atom. The number of pyridine rings is 1.